The summed E-state index contributed by atoms with van der Waals surface area (Å²) in [6, 6.07) is 0. The molecule has 0 aliphatic heterocycles. The van der Waals surface area contributed by atoms with Crippen molar-refractivity contribution in [3.8, 4) is 0 Å². The molecule has 0 saturated heterocycles. The molecule has 1 atom stereocenters. The first-order valence-corrected chi connectivity index (χ1v) is 4.31. The van der Waals surface area contributed by atoms with Gasteiger partial charge in [-0.3, -0.25) is 0 Å². The minimum Gasteiger partial charge on any atom is -0.179 e. The van der Waals surface area contributed by atoms with Gasteiger partial charge in [0.15, 0.2) is 0 Å². The monoisotopic (exact) mass is 158 g/mol. The van der Waals surface area contributed by atoms with Crippen LogP contribution in [-0.2, 0) is 0 Å². The lowest BCUT2D eigenvalue weighted by Crippen LogP contribution is -2.23. The van der Waals surface area contributed by atoms with Crippen LogP contribution in [-0.4, -0.2) is 5.75 Å². The van der Waals surface area contributed by atoms with Gasteiger partial charge >= 0.3 is 0 Å². The van der Waals surface area contributed by atoms with Gasteiger partial charge in [0.1, 0.15) is 0 Å². The van der Waals surface area contributed by atoms with Gasteiger partial charge in [-0.15, -0.1) is 0 Å². The summed E-state index contributed by atoms with van der Waals surface area (Å²) in [5, 5.41) is 0. The van der Waals surface area contributed by atoms with Gasteiger partial charge in [-0.2, -0.15) is 12.6 Å². The molecule has 0 N–H and O–H groups in total. The zero-order chi connectivity index (χ0) is 8.36. The van der Waals surface area contributed by atoms with Gasteiger partial charge in [0.2, 0.25) is 0 Å². The maximum absolute atomic E-state index is 4.29. The normalized spacial score (nSPS) is 14.9. The van der Waals surface area contributed by atoms with E-state index in [1.54, 1.807) is 0 Å². The molecule has 0 bridgehead atoms. The van der Waals surface area contributed by atoms with Crippen LogP contribution in [0.2, 0.25) is 0 Å². The minimum atomic E-state index is 0.287. The van der Waals surface area contributed by atoms with Crippen molar-refractivity contribution in [2.24, 2.45) is 11.3 Å². The van der Waals surface area contributed by atoms with Crippen LogP contribution >= 0.6 is 12.6 Å². The van der Waals surface area contributed by atoms with Crippen LogP contribution in [0.15, 0.2) is 12.2 Å². The van der Waals surface area contributed by atoms with E-state index in [2.05, 4.69) is 46.9 Å². The maximum atomic E-state index is 4.29. The molecule has 0 rings (SSSR count). The number of hydrogen-bond donors (Lipinski definition) is 1. The van der Waals surface area contributed by atoms with Gasteiger partial charge in [0.25, 0.3) is 0 Å². The Morgan fingerprint density at radius 1 is 1.60 bits per heavy atom. The molecule has 0 spiro atoms. The van der Waals surface area contributed by atoms with Gasteiger partial charge in [0.05, 0.1) is 0 Å². The van der Waals surface area contributed by atoms with E-state index in [1.165, 1.54) is 5.57 Å². The lowest BCUT2D eigenvalue weighted by atomic mass is 9.78. The fourth-order valence-corrected chi connectivity index (χ4v) is 1.08. The molecule has 0 radical (unpaired) electrons. The molecule has 0 aromatic rings. The number of rotatable bonds is 3. The molecule has 0 saturated carbocycles. The fraction of sp³-hybridized carbons (Fsp3) is 0.778. The predicted molar refractivity (Wildman–Crippen MR) is 51.6 cm³/mol. The third-order valence-electron chi connectivity index (χ3n) is 2.32. The van der Waals surface area contributed by atoms with Crippen LogP contribution in [0.4, 0.5) is 0 Å². The first-order valence-electron chi connectivity index (χ1n) is 3.68. The largest absolute Gasteiger partial charge is 0.179 e. The van der Waals surface area contributed by atoms with Crippen LogP contribution in [0, 0.1) is 11.3 Å². The molecule has 60 valence electrons. The highest BCUT2D eigenvalue weighted by Gasteiger charge is 2.24. The summed E-state index contributed by atoms with van der Waals surface area (Å²) in [6.07, 6.45) is 0. The Hall–Kier alpha value is 0.0900. The molecular weight excluding hydrogens is 140 g/mol. The zero-order valence-electron chi connectivity index (χ0n) is 7.44. The standard InChI is InChI=1S/C9H18S/c1-7(2)8(3)9(4,5)6-10/h8,10H,1,6H2,2-5H3. The molecule has 0 aromatic carbocycles. The van der Waals surface area contributed by atoms with Crippen molar-refractivity contribution < 1.29 is 0 Å². The van der Waals surface area contributed by atoms with Crippen molar-refractivity contribution >= 4 is 12.6 Å². The third-order valence-corrected chi connectivity index (χ3v) is 3.13. The first kappa shape index (κ1) is 10.1. The van der Waals surface area contributed by atoms with Crippen molar-refractivity contribution in [1.82, 2.24) is 0 Å². The Kier molecular flexibility index (Phi) is 3.50. The molecule has 0 amide bonds. The number of thiol groups is 1. The van der Waals surface area contributed by atoms with Crippen molar-refractivity contribution in [3.05, 3.63) is 12.2 Å². The summed E-state index contributed by atoms with van der Waals surface area (Å²) in [4.78, 5) is 0. The maximum Gasteiger partial charge on any atom is -0.00408 e. The Bertz CT molecular complexity index is 125. The van der Waals surface area contributed by atoms with Crippen molar-refractivity contribution in [1.29, 1.82) is 0 Å². The van der Waals surface area contributed by atoms with Crippen LogP contribution < -0.4 is 0 Å². The topological polar surface area (TPSA) is 0 Å². The number of allylic oxidation sites excluding steroid dienone is 1. The highest BCUT2D eigenvalue weighted by Crippen LogP contribution is 2.31. The Labute approximate surface area is 70.1 Å². The SMILES string of the molecule is C=C(C)C(C)C(C)(C)CS. The summed E-state index contributed by atoms with van der Waals surface area (Å²) in [7, 11) is 0. The fourth-order valence-electron chi connectivity index (χ4n) is 0.804. The Morgan fingerprint density at radius 2 is 2.00 bits per heavy atom. The molecule has 0 aromatic heterocycles. The van der Waals surface area contributed by atoms with E-state index >= 15 is 0 Å². The van der Waals surface area contributed by atoms with Crippen LogP contribution in [0.25, 0.3) is 0 Å². The van der Waals surface area contributed by atoms with Gasteiger partial charge in [-0.05, 0) is 24.0 Å². The minimum absolute atomic E-state index is 0.287. The van der Waals surface area contributed by atoms with Gasteiger partial charge < -0.3 is 0 Å². The first-order chi connectivity index (χ1) is 4.41. The van der Waals surface area contributed by atoms with E-state index in [0.717, 1.165) is 5.75 Å². The van der Waals surface area contributed by atoms with Crippen molar-refractivity contribution in [3.63, 3.8) is 0 Å². The van der Waals surface area contributed by atoms with Crippen molar-refractivity contribution in [2.75, 3.05) is 5.75 Å². The van der Waals surface area contributed by atoms with E-state index in [9.17, 15) is 0 Å². The molecular formula is C9H18S. The van der Waals surface area contributed by atoms with Crippen LogP contribution in [0.5, 0.6) is 0 Å². The highest BCUT2D eigenvalue weighted by molar-refractivity contribution is 7.80. The van der Waals surface area contributed by atoms with Crippen LogP contribution in [0.1, 0.15) is 27.7 Å². The summed E-state index contributed by atoms with van der Waals surface area (Å²) < 4.78 is 0. The third kappa shape index (κ3) is 2.37. The highest BCUT2D eigenvalue weighted by atomic mass is 32.1. The second kappa shape index (κ2) is 3.47. The van der Waals surface area contributed by atoms with E-state index in [0.29, 0.717) is 5.92 Å². The van der Waals surface area contributed by atoms with E-state index in [4.69, 9.17) is 0 Å². The van der Waals surface area contributed by atoms with Crippen LogP contribution in [0.3, 0.4) is 0 Å². The summed E-state index contributed by atoms with van der Waals surface area (Å²) in [5.41, 5.74) is 1.54. The average molecular weight is 158 g/mol. The lowest BCUT2D eigenvalue weighted by Gasteiger charge is -2.30. The molecule has 10 heavy (non-hydrogen) atoms. The molecule has 0 heterocycles. The molecule has 0 aliphatic carbocycles. The van der Waals surface area contributed by atoms with E-state index < -0.39 is 0 Å². The second-order valence-electron chi connectivity index (χ2n) is 3.71. The van der Waals surface area contributed by atoms with Crippen molar-refractivity contribution in [2.45, 2.75) is 27.7 Å². The van der Waals surface area contributed by atoms with Gasteiger partial charge in [-0.1, -0.05) is 32.9 Å². The Morgan fingerprint density at radius 3 is 2.10 bits per heavy atom. The average Bonchev–Trinajstić information content (AvgIpc) is 1.86. The molecule has 0 nitrogen and oxygen atoms in total. The zero-order valence-corrected chi connectivity index (χ0v) is 8.33. The molecule has 1 unspecified atom stereocenters. The van der Waals surface area contributed by atoms with Gasteiger partial charge in [0, 0.05) is 0 Å². The summed E-state index contributed by atoms with van der Waals surface area (Å²) in [5.74, 6) is 1.48. The number of hydrogen-bond acceptors (Lipinski definition) is 1. The Balaban J connectivity index is 4.17. The van der Waals surface area contributed by atoms with E-state index in [1.807, 2.05) is 0 Å². The lowest BCUT2D eigenvalue weighted by molar-refractivity contribution is 0.310. The molecule has 0 aliphatic rings. The van der Waals surface area contributed by atoms with E-state index in [-0.39, 0.29) is 5.41 Å². The smallest absolute Gasteiger partial charge is 0.00408 e. The summed E-state index contributed by atoms with van der Waals surface area (Å²) >= 11 is 4.29. The molecule has 0 fully saturated rings. The summed E-state index contributed by atoms with van der Waals surface area (Å²) in [6.45, 7) is 12.7. The quantitative estimate of drug-likeness (QED) is 0.473. The predicted octanol–water partition coefficient (Wildman–Crippen LogP) is 3.15. The molecule has 1 heteroatoms. The second-order valence-corrected chi connectivity index (χ2v) is 4.03. The van der Waals surface area contributed by atoms with Gasteiger partial charge in [-0.25, -0.2) is 0 Å².